The maximum Gasteiger partial charge on any atom is 0.418 e. The van der Waals surface area contributed by atoms with Crippen LogP contribution in [0, 0.1) is 0 Å². The Morgan fingerprint density at radius 2 is 2.00 bits per heavy atom. The van der Waals surface area contributed by atoms with Crippen molar-refractivity contribution in [1.82, 2.24) is 4.98 Å². The summed E-state index contributed by atoms with van der Waals surface area (Å²) < 4.78 is 38.8. The van der Waals surface area contributed by atoms with Crippen LogP contribution in [0.15, 0.2) is 36.7 Å². The third-order valence-corrected chi connectivity index (χ3v) is 3.63. The summed E-state index contributed by atoms with van der Waals surface area (Å²) in [6.45, 7) is 0. The summed E-state index contributed by atoms with van der Waals surface area (Å²) >= 11 is 0. The van der Waals surface area contributed by atoms with Crippen LogP contribution in [0.3, 0.4) is 0 Å². The van der Waals surface area contributed by atoms with Crippen molar-refractivity contribution in [3.05, 3.63) is 53.3 Å². The topological polar surface area (TPSA) is 71.1 Å². The molecule has 0 spiro atoms. The molecular weight excluding hydrogens is 323 g/mol. The maximum absolute atomic E-state index is 12.9. The monoisotopic (exact) mass is 335 g/mol. The lowest BCUT2D eigenvalue weighted by Crippen LogP contribution is -2.21. The van der Waals surface area contributed by atoms with E-state index < -0.39 is 23.2 Å². The van der Waals surface area contributed by atoms with E-state index in [0.29, 0.717) is 30.4 Å². The minimum atomic E-state index is -4.67. The number of fused-ring (bicyclic) bond motifs is 1. The highest BCUT2D eigenvalue weighted by atomic mass is 19.4. The fraction of sp³-hybridized carbons (Fsp3) is 0.188. The molecule has 24 heavy (non-hydrogen) atoms. The first-order valence-corrected chi connectivity index (χ1v) is 7.10. The number of anilines is 2. The number of benzene rings is 1. The second kappa shape index (κ2) is 5.95. The minimum absolute atomic E-state index is 0.0918. The molecule has 2 N–H and O–H groups in total. The molecule has 124 valence electrons. The zero-order chi connectivity index (χ0) is 17.3. The first-order chi connectivity index (χ1) is 11.3. The van der Waals surface area contributed by atoms with E-state index in [-0.39, 0.29) is 5.91 Å². The molecule has 0 radical (unpaired) electrons. The molecule has 2 heterocycles. The van der Waals surface area contributed by atoms with Crippen molar-refractivity contribution in [3.63, 3.8) is 0 Å². The van der Waals surface area contributed by atoms with Gasteiger partial charge in [-0.3, -0.25) is 14.6 Å². The molecular formula is C16H12F3N3O2. The van der Waals surface area contributed by atoms with E-state index in [1.165, 1.54) is 6.07 Å². The molecule has 2 amide bonds. The van der Waals surface area contributed by atoms with Crippen LogP contribution in [-0.2, 0) is 17.4 Å². The predicted molar refractivity (Wildman–Crippen MR) is 80.6 cm³/mol. The third-order valence-electron chi connectivity index (χ3n) is 3.63. The molecule has 0 aliphatic carbocycles. The number of halogens is 3. The van der Waals surface area contributed by atoms with Crippen LogP contribution in [0.5, 0.6) is 0 Å². The van der Waals surface area contributed by atoms with E-state index in [1.807, 2.05) is 0 Å². The highest BCUT2D eigenvalue weighted by Crippen LogP contribution is 2.32. The van der Waals surface area contributed by atoms with Gasteiger partial charge in [0.25, 0.3) is 5.91 Å². The quantitative estimate of drug-likeness (QED) is 0.885. The van der Waals surface area contributed by atoms with E-state index >= 15 is 0 Å². The molecule has 0 unspecified atom stereocenters. The SMILES string of the molecule is O=C1CCc2cc(NC(=O)c3ccncc3C(F)(F)F)ccc2N1. The van der Waals surface area contributed by atoms with Crippen LogP contribution >= 0.6 is 0 Å². The molecule has 0 saturated carbocycles. The molecule has 3 rings (SSSR count). The Hall–Kier alpha value is -2.90. The van der Waals surface area contributed by atoms with Gasteiger partial charge in [0.15, 0.2) is 0 Å². The molecule has 0 saturated heterocycles. The lowest BCUT2D eigenvalue weighted by atomic mass is 10.0. The van der Waals surface area contributed by atoms with Gasteiger partial charge in [-0.25, -0.2) is 0 Å². The van der Waals surface area contributed by atoms with Crippen molar-refractivity contribution in [2.24, 2.45) is 0 Å². The highest BCUT2D eigenvalue weighted by molar-refractivity contribution is 6.05. The third kappa shape index (κ3) is 3.22. The van der Waals surface area contributed by atoms with Crippen molar-refractivity contribution < 1.29 is 22.8 Å². The molecule has 1 aromatic heterocycles. The number of aromatic nitrogens is 1. The van der Waals surface area contributed by atoms with Crippen molar-refractivity contribution in [1.29, 1.82) is 0 Å². The van der Waals surface area contributed by atoms with E-state index in [0.717, 1.165) is 17.8 Å². The average Bonchev–Trinajstić information content (AvgIpc) is 2.54. The molecule has 0 fully saturated rings. The summed E-state index contributed by atoms with van der Waals surface area (Å²) in [5.74, 6) is -0.963. The number of carbonyl (C=O) groups is 2. The van der Waals surface area contributed by atoms with Gasteiger partial charge in [0.1, 0.15) is 0 Å². The fourth-order valence-electron chi connectivity index (χ4n) is 2.48. The summed E-state index contributed by atoms with van der Waals surface area (Å²) in [4.78, 5) is 26.9. The number of amides is 2. The number of hydrogen-bond donors (Lipinski definition) is 2. The van der Waals surface area contributed by atoms with E-state index in [4.69, 9.17) is 0 Å². The second-order valence-electron chi connectivity index (χ2n) is 5.29. The van der Waals surface area contributed by atoms with Gasteiger partial charge in [0, 0.05) is 30.2 Å². The van der Waals surface area contributed by atoms with Crippen LogP contribution in [0.2, 0.25) is 0 Å². The van der Waals surface area contributed by atoms with Crippen LogP contribution in [-0.4, -0.2) is 16.8 Å². The van der Waals surface area contributed by atoms with Gasteiger partial charge in [-0.1, -0.05) is 0 Å². The van der Waals surface area contributed by atoms with Gasteiger partial charge < -0.3 is 10.6 Å². The largest absolute Gasteiger partial charge is 0.418 e. The Labute approximate surface area is 134 Å². The standard InChI is InChI=1S/C16H12F3N3O2/c17-16(18,19)12-8-20-6-5-11(12)15(24)21-10-2-3-13-9(7-10)1-4-14(23)22-13/h2-3,5-8H,1,4H2,(H,21,24)(H,22,23). The molecule has 1 aliphatic heterocycles. The van der Waals surface area contributed by atoms with Crippen LogP contribution in [0.25, 0.3) is 0 Å². The van der Waals surface area contributed by atoms with Crippen molar-refractivity contribution in [2.75, 3.05) is 10.6 Å². The lowest BCUT2D eigenvalue weighted by Gasteiger charge is -2.18. The Balaban J connectivity index is 1.85. The minimum Gasteiger partial charge on any atom is -0.326 e. The Morgan fingerprint density at radius 3 is 2.75 bits per heavy atom. The summed E-state index contributed by atoms with van der Waals surface area (Å²) in [7, 11) is 0. The number of carbonyl (C=O) groups excluding carboxylic acids is 2. The molecule has 5 nitrogen and oxygen atoms in total. The average molecular weight is 335 g/mol. The Kier molecular flexibility index (Phi) is 3.96. The molecule has 1 aliphatic rings. The number of hydrogen-bond acceptors (Lipinski definition) is 3. The number of alkyl halides is 3. The normalized spacial score (nSPS) is 13.9. The summed E-state index contributed by atoms with van der Waals surface area (Å²) in [6, 6.07) is 5.80. The zero-order valence-electron chi connectivity index (χ0n) is 12.3. The number of aryl methyl sites for hydroxylation is 1. The first-order valence-electron chi connectivity index (χ1n) is 7.10. The van der Waals surface area contributed by atoms with Gasteiger partial charge in [0.2, 0.25) is 5.91 Å². The van der Waals surface area contributed by atoms with Crippen LogP contribution < -0.4 is 10.6 Å². The number of nitrogens with one attached hydrogen (secondary N) is 2. The molecule has 8 heteroatoms. The fourth-order valence-corrected chi connectivity index (χ4v) is 2.48. The predicted octanol–water partition coefficient (Wildman–Crippen LogP) is 3.24. The maximum atomic E-state index is 12.9. The van der Waals surface area contributed by atoms with Crippen molar-refractivity contribution >= 4 is 23.2 Å². The highest BCUT2D eigenvalue weighted by Gasteiger charge is 2.35. The van der Waals surface area contributed by atoms with Gasteiger partial charge in [-0.15, -0.1) is 0 Å². The molecule has 0 atom stereocenters. The number of nitrogens with zero attached hydrogens (tertiary/aromatic N) is 1. The molecule has 0 bridgehead atoms. The smallest absolute Gasteiger partial charge is 0.326 e. The lowest BCUT2D eigenvalue weighted by molar-refractivity contribution is -0.138. The van der Waals surface area contributed by atoms with E-state index in [2.05, 4.69) is 15.6 Å². The Morgan fingerprint density at radius 1 is 1.21 bits per heavy atom. The number of pyridine rings is 1. The summed E-state index contributed by atoms with van der Waals surface area (Å²) in [5, 5.41) is 5.15. The zero-order valence-corrected chi connectivity index (χ0v) is 12.3. The van der Waals surface area contributed by atoms with Gasteiger partial charge in [-0.05, 0) is 36.2 Å². The van der Waals surface area contributed by atoms with Gasteiger partial charge in [-0.2, -0.15) is 13.2 Å². The number of rotatable bonds is 2. The van der Waals surface area contributed by atoms with Crippen LogP contribution in [0.1, 0.15) is 27.9 Å². The first kappa shape index (κ1) is 16.0. The Bertz CT molecular complexity index is 818. The summed E-state index contributed by atoms with van der Waals surface area (Å²) in [5.41, 5.74) is 0.235. The van der Waals surface area contributed by atoms with E-state index in [9.17, 15) is 22.8 Å². The van der Waals surface area contributed by atoms with Gasteiger partial charge in [0.05, 0.1) is 11.1 Å². The second-order valence-corrected chi connectivity index (χ2v) is 5.29. The molecule has 2 aromatic rings. The van der Waals surface area contributed by atoms with Crippen LogP contribution in [0.4, 0.5) is 24.5 Å². The van der Waals surface area contributed by atoms with Crippen molar-refractivity contribution in [3.8, 4) is 0 Å². The van der Waals surface area contributed by atoms with E-state index in [1.54, 1.807) is 12.1 Å². The van der Waals surface area contributed by atoms with Gasteiger partial charge >= 0.3 is 6.18 Å². The summed E-state index contributed by atoms with van der Waals surface area (Å²) in [6.07, 6.45) is -2.08. The van der Waals surface area contributed by atoms with Crippen molar-refractivity contribution in [2.45, 2.75) is 19.0 Å². The molecule has 1 aromatic carbocycles.